The van der Waals surface area contributed by atoms with Gasteiger partial charge in [0.25, 0.3) is 0 Å². The van der Waals surface area contributed by atoms with Gasteiger partial charge < -0.3 is 20.9 Å². The molecule has 25 heavy (non-hydrogen) atoms. The van der Waals surface area contributed by atoms with Gasteiger partial charge in [-0.2, -0.15) is 0 Å². The van der Waals surface area contributed by atoms with E-state index in [9.17, 15) is 0 Å². The number of nitrogens with zero attached hydrogens (tertiary/aromatic N) is 2. The van der Waals surface area contributed by atoms with Gasteiger partial charge in [-0.25, -0.2) is 0 Å². The predicted octanol–water partition coefficient (Wildman–Crippen LogP) is 3.28. The van der Waals surface area contributed by atoms with Crippen molar-refractivity contribution in [1.82, 2.24) is 16.0 Å². The molecule has 3 N–H and O–H groups in total. The Morgan fingerprint density at radius 2 is 2.04 bits per heavy atom. The number of nitrogens with one attached hydrogen (secondary N) is 3. The van der Waals surface area contributed by atoms with Crippen LogP contribution in [0.4, 0.5) is 5.00 Å². The molecule has 7 heteroatoms. The molecule has 0 spiro atoms. The predicted molar refractivity (Wildman–Crippen MR) is 122 cm³/mol. The van der Waals surface area contributed by atoms with Crippen LogP contribution in [0.5, 0.6) is 0 Å². The van der Waals surface area contributed by atoms with Crippen LogP contribution in [-0.2, 0) is 0 Å². The second kappa shape index (κ2) is 11.2. The van der Waals surface area contributed by atoms with Gasteiger partial charge in [0.2, 0.25) is 0 Å². The summed E-state index contributed by atoms with van der Waals surface area (Å²) in [4.78, 5) is 7.19. The van der Waals surface area contributed by atoms with Crippen LogP contribution in [-0.4, -0.2) is 50.3 Å². The summed E-state index contributed by atoms with van der Waals surface area (Å²) in [6, 6.07) is 4.85. The van der Waals surface area contributed by atoms with Crippen LogP contribution in [0.15, 0.2) is 22.5 Å². The smallest absolute Gasteiger partial charge is 0.191 e. The van der Waals surface area contributed by atoms with Crippen LogP contribution < -0.4 is 20.9 Å². The van der Waals surface area contributed by atoms with Crippen LogP contribution in [0.3, 0.4) is 0 Å². The molecule has 1 aromatic heterocycles. The number of anilines is 1. The number of rotatable bonds is 6. The molecule has 0 unspecified atom stereocenters. The minimum Gasteiger partial charge on any atom is -0.363 e. The molecule has 1 fully saturated rings. The van der Waals surface area contributed by atoms with Gasteiger partial charge in [-0.15, -0.1) is 35.3 Å². The Hall–Kier alpha value is -0.540. The lowest BCUT2D eigenvalue weighted by atomic mass is 10.1. The Morgan fingerprint density at radius 3 is 2.60 bits per heavy atom. The van der Waals surface area contributed by atoms with Crippen molar-refractivity contribution in [3.63, 3.8) is 0 Å². The molecule has 0 radical (unpaired) electrons. The van der Waals surface area contributed by atoms with E-state index in [1.807, 2.05) is 11.3 Å². The van der Waals surface area contributed by atoms with Gasteiger partial charge >= 0.3 is 0 Å². The minimum atomic E-state index is 0. The van der Waals surface area contributed by atoms with Crippen molar-refractivity contribution in [2.75, 3.05) is 37.6 Å². The summed E-state index contributed by atoms with van der Waals surface area (Å²) in [5, 5.41) is 14.0. The van der Waals surface area contributed by atoms with Crippen LogP contribution in [0.25, 0.3) is 0 Å². The Bertz CT molecular complexity index is 490. The normalized spacial score (nSPS) is 16.5. The lowest BCUT2D eigenvalue weighted by molar-refractivity contribution is 0.431. The van der Waals surface area contributed by atoms with Crippen LogP contribution in [0.1, 0.15) is 40.5 Å². The monoisotopic (exact) mass is 479 g/mol. The lowest BCUT2D eigenvalue weighted by Gasteiger charge is -2.33. The van der Waals surface area contributed by atoms with Crippen molar-refractivity contribution in [3.8, 4) is 0 Å². The van der Waals surface area contributed by atoms with E-state index in [1.54, 1.807) is 0 Å². The summed E-state index contributed by atoms with van der Waals surface area (Å²) in [7, 11) is 0. The zero-order valence-corrected chi connectivity index (χ0v) is 19.1. The summed E-state index contributed by atoms with van der Waals surface area (Å²) in [6.07, 6.45) is 2.31. The van der Waals surface area contributed by atoms with Crippen LogP contribution >= 0.6 is 35.3 Å². The van der Waals surface area contributed by atoms with E-state index in [1.165, 1.54) is 5.00 Å². The highest BCUT2D eigenvalue weighted by Crippen LogP contribution is 2.24. The molecule has 144 valence electrons. The third-order valence-corrected chi connectivity index (χ3v) is 4.96. The third-order valence-electron chi connectivity index (χ3n) is 4.03. The Morgan fingerprint density at radius 1 is 1.32 bits per heavy atom. The standard InChI is InChI=1S/C18H33N5S.HI/c1-5-19-17(20-10-11-21-18(2,3)4)22-15-8-12-23(13-9-15)16-7-6-14-24-16;/h6-7,14-15,21H,5,8-13H2,1-4H3,(H2,19,20,22);1H. The van der Waals surface area contributed by atoms with Crippen molar-refractivity contribution < 1.29 is 0 Å². The van der Waals surface area contributed by atoms with E-state index >= 15 is 0 Å². The lowest BCUT2D eigenvalue weighted by Crippen LogP contribution is -2.49. The van der Waals surface area contributed by atoms with Crippen LogP contribution in [0.2, 0.25) is 0 Å². The first-order valence-corrected chi connectivity index (χ1v) is 9.94. The summed E-state index contributed by atoms with van der Waals surface area (Å²) >= 11 is 1.83. The zero-order chi connectivity index (χ0) is 17.4. The number of guanidine groups is 1. The SMILES string of the molecule is CCNC(=NCCNC(C)(C)C)NC1CCN(c2cccs2)CC1.I. The van der Waals surface area contributed by atoms with Crippen molar-refractivity contribution >= 4 is 46.3 Å². The summed E-state index contributed by atoms with van der Waals surface area (Å²) in [6.45, 7) is 13.5. The van der Waals surface area contributed by atoms with Gasteiger partial charge in [0.1, 0.15) is 0 Å². The Kier molecular flexibility index (Phi) is 10.1. The van der Waals surface area contributed by atoms with Gasteiger partial charge in [-0.3, -0.25) is 4.99 Å². The van der Waals surface area contributed by atoms with Crippen LogP contribution in [0, 0.1) is 0 Å². The molecule has 0 amide bonds. The van der Waals surface area contributed by atoms with E-state index in [2.05, 4.69) is 66.1 Å². The number of hydrogen-bond donors (Lipinski definition) is 3. The van der Waals surface area contributed by atoms with Gasteiger partial charge in [0.05, 0.1) is 11.5 Å². The molecule has 1 aliphatic rings. The average molecular weight is 479 g/mol. The fourth-order valence-electron chi connectivity index (χ4n) is 2.81. The van der Waals surface area contributed by atoms with E-state index in [4.69, 9.17) is 4.99 Å². The summed E-state index contributed by atoms with van der Waals surface area (Å²) in [5.41, 5.74) is 0.149. The molecule has 0 aromatic carbocycles. The maximum Gasteiger partial charge on any atom is 0.191 e. The first-order valence-electron chi connectivity index (χ1n) is 9.06. The molecule has 0 aliphatic carbocycles. The second-order valence-electron chi connectivity index (χ2n) is 7.29. The molecule has 2 heterocycles. The highest BCUT2D eigenvalue weighted by molar-refractivity contribution is 14.0. The van der Waals surface area contributed by atoms with E-state index in [0.29, 0.717) is 6.04 Å². The molecule has 1 aromatic rings. The minimum absolute atomic E-state index is 0. The van der Waals surface area contributed by atoms with E-state index in [-0.39, 0.29) is 29.5 Å². The summed E-state index contributed by atoms with van der Waals surface area (Å²) < 4.78 is 0. The molecular formula is C18H34IN5S. The highest BCUT2D eigenvalue weighted by Gasteiger charge is 2.20. The number of halogens is 1. The topological polar surface area (TPSA) is 51.7 Å². The number of piperidine rings is 1. The largest absolute Gasteiger partial charge is 0.363 e. The van der Waals surface area contributed by atoms with Crippen molar-refractivity contribution in [3.05, 3.63) is 17.5 Å². The quantitative estimate of drug-likeness (QED) is 0.254. The molecule has 2 rings (SSSR count). The van der Waals surface area contributed by atoms with Gasteiger partial charge in [0, 0.05) is 37.8 Å². The number of aliphatic imine (C=N–C) groups is 1. The van der Waals surface area contributed by atoms with E-state index in [0.717, 1.165) is 51.5 Å². The van der Waals surface area contributed by atoms with Crippen molar-refractivity contribution in [1.29, 1.82) is 0 Å². The highest BCUT2D eigenvalue weighted by atomic mass is 127. The molecule has 5 nitrogen and oxygen atoms in total. The third kappa shape index (κ3) is 8.59. The zero-order valence-electron chi connectivity index (χ0n) is 16.0. The first-order chi connectivity index (χ1) is 11.5. The van der Waals surface area contributed by atoms with Gasteiger partial charge in [0.15, 0.2) is 5.96 Å². The maximum atomic E-state index is 4.70. The Labute approximate surface area is 174 Å². The fraction of sp³-hybridized carbons (Fsp3) is 0.722. The Balaban J connectivity index is 0.00000312. The number of hydrogen-bond acceptors (Lipinski definition) is 4. The molecule has 1 aliphatic heterocycles. The van der Waals surface area contributed by atoms with Crippen molar-refractivity contribution in [2.45, 2.75) is 52.1 Å². The molecule has 0 saturated carbocycles. The molecular weight excluding hydrogens is 445 g/mol. The van der Waals surface area contributed by atoms with Gasteiger partial charge in [-0.05, 0) is 58.0 Å². The average Bonchev–Trinajstić information content (AvgIpc) is 3.06. The van der Waals surface area contributed by atoms with E-state index < -0.39 is 0 Å². The summed E-state index contributed by atoms with van der Waals surface area (Å²) in [5.74, 6) is 0.947. The molecule has 1 saturated heterocycles. The second-order valence-corrected chi connectivity index (χ2v) is 8.22. The molecule has 0 atom stereocenters. The first kappa shape index (κ1) is 22.5. The fourth-order valence-corrected chi connectivity index (χ4v) is 3.59. The maximum absolute atomic E-state index is 4.70. The van der Waals surface area contributed by atoms with Gasteiger partial charge in [-0.1, -0.05) is 0 Å². The molecule has 0 bridgehead atoms. The van der Waals surface area contributed by atoms with Crippen molar-refractivity contribution in [2.24, 2.45) is 4.99 Å². The number of thiophene rings is 1.